The van der Waals surface area contributed by atoms with Gasteiger partial charge in [-0.25, -0.2) is 4.79 Å². The Bertz CT molecular complexity index is 621. The van der Waals surface area contributed by atoms with Crippen LogP contribution in [0.1, 0.15) is 21.6 Å². The van der Waals surface area contributed by atoms with Gasteiger partial charge >= 0.3 is 5.97 Å². The zero-order valence-electron chi connectivity index (χ0n) is 9.21. The summed E-state index contributed by atoms with van der Waals surface area (Å²) in [5.41, 5.74) is 1.94. The summed E-state index contributed by atoms with van der Waals surface area (Å²) in [4.78, 5) is 11.1. The minimum Gasteiger partial charge on any atom is -0.477 e. The topological polar surface area (TPSA) is 66.0 Å². The van der Waals surface area contributed by atoms with Crippen molar-refractivity contribution in [3.63, 3.8) is 0 Å². The fourth-order valence-electron chi connectivity index (χ4n) is 1.73. The third-order valence-corrected chi connectivity index (χ3v) is 2.49. The maximum absolute atomic E-state index is 11.1. The van der Waals surface area contributed by atoms with E-state index in [1.54, 1.807) is 12.3 Å². The lowest BCUT2D eigenvalue weighted by atomic mass is 10.2. The van der Waals surface area contributed by atoms with E-state index in [1.165, 1.54) is 10.6 Å². The van der Waals surface area contributed by atoms with E-state index in [1.807, 2.05) is 31.2 Å². The van der Waals surface area contributed by atoms with Gasteiger partial charge in [-0.2, -0.15) is 5.26 Å². The van der Waals surface area contributed by atoms with Crippen molar-refractivity contribution in [2.45, 2.75) is 6.92 Å². The number of nitrogens with zero attached hydrogens (tertiary/aromatic N) is 2. The molecule has 0 saturated heterocycles. The van der Waals surface area contributed by atoms with Gasteiger partial charge in [-0.05, 0) is 30.7 Å². The van der Waals surface area contributed by atoms with Crippen LogP contribution in [0, 0.1) is 18.3 Å². The molecule has 0 fully saturated rings. The number of carboxylic acids is 1. The van der Waals surface area contributed by atoms with Crippen molar-refractivity contribution in [3.05, 3.63) is 53.3 Å². The van der Waals surface area contributed by atoms with Crippen molar-refractivity contribution < 1.29 is 9.90 Å². The molecule has 84 valence electrons. The number of aromatic carboxylic acids is 1. The number of aromatic nitrogens is 1. The highest BCUT2D eigenvalue weighted by Crippen LogP contribution is 2.17. The van der Waals surface area contributed by atoms with Gasteiger partial charge in [0.05, 0.1) is 5.56 Å². The van der Waals surface area contributed by atoms with Crippen LogP contribution >= 0.6 is 0 Å². The molecule has 0 unspecified atom stereocenters. The fourth-order valence-corrected chi connectivity index (χ4v) is 1.73. The first-order chi connectivity index (χ1) is 8.13. The van der Waals surface area contributed by atoms with Crippen LogP contribution in [0.5, 0.6) is 0 Å². The lowest BCUT2D eigenvalue weighted by Crippen LogP contribution is -2.07. The Morgan fingerprint density at radius 2 is 2.18 bits per heavy atom. The summed E-state index contributed by atoms with van der Waals surface area (Å²) in [5, 5.41) is 18.0. The van der Waals surface area contributed by atoms with Crippen LogP contribution in [0.4, 0.5) is 0 Å². The third kappa shape index (κ3) is 1.91. The molecule has 1 N–H and O–H groups in total. The summed E-state index contributed by atoms with van der Waals surface area (Å²) >= 11 is 0. The smallest absolute Gasteiger partial charge is 0.354 e. The second-order valence-corrected chi connectivity index (χ2v) is 3.70. The molecule has 0 atom stereocenters. The number of nitriles is 1. The van der Waals surface area contributed by atoms with Crippen LogP contribution < -0.4 is 0 Å². The fraction of sp³-hybridized carbons (Fsp3) is 0.0769. The average Bonchev–Trinajstić information content (AvgIpc) is 2.72. The van der Waals surface area contributed by atoms with Gasteiger partial charge in [0.1, 0.15) is 11.8 Å². The molecule has 0 amide bonds. The molecular weight excluding hydrogens is 216 g/mol. The monoisotopic (exact) mass is 226 g/mol. The zero-order valence-corrected chi connectivity index (χ0v) is 9.21. The molecule has 0 aliphatic rings. The van der Waals surface area contributed by atoms with E-state index in [0.717, 1.165) is 11.3 Å². The molecule has 0 spiro atoms. The highest BCUT2D eigenvalue weighted by Gasteiger charge is 2.16. The van der Waals surface area contributed by atoms with Crippen molar-refractivity contribution in [1.82, 2.24) is 4.57 Å². The Hall–Kier alpha value is -2.54. The standard InChI is InChI=1S/C13H10N2O2/c1-9-3-2-4-11(7-9)15-6-5-10(8-14)12(15)13(16)17/h2-7H,1H3,(H,16,17). The highest BCUT2D eigenvalue weighted by molar-refractivity contribution is 5.89. The Morgan fingerprint density at radius 3 is 2.76 bits per heavy atom. The Morgan fingerprint density at radius 1 is 1.41 bits per heavy atom. The summed E-state index contributed by atoms with van der Waals surface area (Å²) in [6.45, 7) is 1.93. The van der Waals surface area contributed by atoms with Crippen LogP contribution in [0.25, 0.3) is 5.69 Å². The molecule has 2 aromatic rings. The van der Waals surface area contributed by atoms with Crippen molar-refractivity contribution in [3.8, 4) is 11.8 Å². The second-order valence-electron chi connectivity index (χ2n) is 3.70. The Labute approximate surface area is 98.4 Å². The SMILES string of the molecule is Cc1cccc(-n2ccc(C#N)c2C(=O)O)c1. The zero-order chi connectivity index (χ0) is 12.4. The minimum absolute atomic E-state index is 0.00176. The molecule has 0 aliphatic carbocycles. The summed E-state index contributed by atoms with van der Waals surface area (Å²) in [5.74, 6) is -1.10. The van der Waals surface area contributed by atoms with Crippen LogP contribution in [0.2, 0.25) is 0 Å². The first-order valence-corrected chi connectivity index (χ1v) is 5.05. The first-order valence-electron chi connectivity index (χ1n) is 5.05. The lowest BCUT2D eigenvalue weighted by molar-refractivity contribution is 0.0688. The molecule has 17 heavy (non-hydrogen) atoms. The van der Waals surface area contributed by atoms with E-state index in [2.05, 4.69) is 0 Å². The summed E-state index contributed by atoms with van der Waals surface area (Å²) in [7, 11) is 0. The van der Waals surface area contributed by atoms with E-state index < -0.39 is 5.97 Å². The number of benzene rings is 1. The molecule has 1 heterocycles. The molecule has 4 heteroatoms. The molecule has 1 aromatic heterocycles. The van der Waals surface area contributed by atoms with Gasteiger partial charge in [-0.3, -0.25) is 0 Å². The third-order valence-electron chi connectivity index (χ3n) is 2.49. The summed E-state index contributed by atoms with van der Waals surface area (Å²) in [6, 6.07) is 10.8. The van der Waals surface area contributed by atoms with E-state index >= 15 is 0 Å². The number of carboxylic acid groups (broad SMARTS) is 1. The molecule has 0 saturated carbocycles. The number of carbonyl (C=O) groups is 1. The summed E-state index contributed by atoms with van der Waals surface area (Å²) < 4.78 is 1.51. The maximum Gasteiger partial charge on any atom is 0.354 e. The van der Waals surface area contributed by atoms with Gasteiger partial charge in [-0.15, -0.1) is 0 Å². The largest absolute Gasteiger partial charge is 0.477 e. The number of hydrogen-bond donors (Lipinski definition) is 1. The van der Waals surface area contributed by atoms with Crippen molar-refractivity contribution in [2.24, 2.45) is 0 Å². The Balaban J connectivity index is 2.65. The molecule has 4 nitrogen and oxygen atoms in total. The average molecular weight is 226 g/mol. The predicted molar refractivity (Wildman–Crippen MR) is 62.2 cm³/mol. The molecular formula is C13H10N2O2. The molecule has 0 aliphatic heterocycles. The second kappa shape index (κ2) is 4.14. The quantitative estimate of drug-likeness (QED) is 0.854. The molecule has 0 bridgehead atoms. The van der Waals surface area contributed by atoms with E-state index in [9.17, 15) is 4.79 Å². The van der Waals surface area contributed by atoms with Gasteiger partial charge in [0.15, 0.2) is 0 Å². The van der Waals surface area contributed by atoms with Gasteiger partial charge in [0, 0.05) is 11.9 Å². The Kier molecular flexibility index (Phi) is 2.67. The normalized spacial score (nSPS) is 9.88. The molecule has 0 radical (unpaired) electrons. The van der Waals surface area contributed by atoms with Gasteiger partial charge in [0.2, 0.25) is 0 Å². The number of aryl methyl sites for hydroxylation is 1. The first kappa shape index (κ1) is 11.0. The van der Waals surface area contributed by atoms with Crippen LogP contribution in [-0.2, 0) is 0 Å². The lowest BCUT2D eigenvalue weighted by Gasteiger charge is -2.07. The number of hydrogen-bond acceptors (Lipinski definition) is 2. The van der Waals surface area contributed by atoms with Crippen LogP contribution in [0.15, 0.2) is 36.5 Å². The van der Waals surface area contributed by atoms with Gasteiger partial charge in [0.25, 0.3) is 0 Å². The van der Waals surface area contributed by atoms with E-state index in [4.69, 9.17) is 10.4 Å². The van der Waals surface area contributed by atoms with Gasteiger partial charge in [-0.1, -0.05) is 12.1 Å². The minimum atomic E-state index is -1.10. The van der Waals surface area contributed by atoms with E-state index in [0.29, 0.717) is 0 Å². The van der Waals surface area contributed by atoms with E-state index in [-0.39, 0.29) is 11.3 Å². The predicted octanol–water partition coefficient (Wildman–Crippen LogP) is 2.36. The molecule has 1 aromatic carbocycles. The van der Waals surface area contributed by atoms with Crippen molar-refractivity contribution in [1.29, 1.82) is 5.26 Å². The van der Waals surface area contributed by atoms with Gasteiger partial charge < -0.3 is 9.67 Å². The highest BCUT2D eigenvalue weighted by atomic mass is 16.4. The maximum atomic E-state index is 11.1. The number of rotatable bonds is 2. The van der Waals surface area contributed by atoms with Crippen molar-refractivity contribution in [2.75, 3.05) is 0 Å². The molecule has 2 rings (SSSR count). The van der Waals surface area contributed by atoms with Crippen LogP contribution in [0.3, 0.4) is 0 Å². The van der Waals surface area contributed by atoms with Crippen molar-refractivity contribution >= 4 is 5.97 Å². The van der Waals surface area contributed by atoms with Crippen LogP contribution in [-0.4, -0.2) is 15.6 Å². The summed E-state index contributed by atoms with van der Waals surface area (Å²) in [6.07, 6.45) is 1.59.